The van der Waals surface area contributed by atoms with Gasteiger partial charge in [0, 0.05) is 6.20 Å². The number of nitrogens with zero attached hydrogens (tertiary/aromatic N) is 1. The fourth-order valence-electron chi connectivity index (χ4n) is 1.74. The molecule has 0 amide bonds. The van der Waals surface area contributed by atoms with Crippen LogP contribution in [0, 0.1) is 4.64 Å². The summed E-state index contributed by atoms with van der Waals surface area (Å²) in [4.78, 5) is 14.0. The average Bonchev–Trinajstić information content (AvgIpc) is 2.57. The number of nitrogens with one attached hydrogen (secondary N) is 1. The average molecular weight is 260 g/mol. The van der Waals surface area contributed by atoms with E-state index >= 15 is 0 Å². The topological polar surface area (TPSA) is 108 Å². The zero-order valence-corrected chi connectivity index (χ0v) is 9.50. The molecule has 17 heavy (non-hydrogen) atoms. The first-order valence-corrected chi connectivity index (χ1v) is 5.39. The Morgan fingerprint density at radius 2 is 2.18 bits per heavy atom. The summed E-state index contributed by atoms with van der Waals surface area (Å²) in [6, 6.07) is 1.46. The van der Waals surface area contributed by atoms with Gasteiger partial charge in [-0.1, -0.05) is 12.2 Å². The Balaban J connectivity index is 2.35. The van der Waals surface area contributed by atoms with Crippen LogP contribution in [0.1, 0.15) is 6.23 Å². The van der Waals surface area contributed by atoms with Crippen molar-refractivity contribution in [2.75, 3.05) is 6.61 Å². The van der Waals surface area contributed by atoms with E-state index in [0.717, 1.165) is 4.57 Å². The quantitative estimate of drug-likeness (QED) is 0.483. The van der Waals surface area contributed by atoms with Crippen molar-refractivity contribution < 1.29 is 20.1 Å². The van der Waals surface area contributed by atoms with Crippen LogP contribution < -0.4 is 5.69 Å². The zero-order valence-electron chi connectivity index (χ0n) is 8.68. The first kappa shape index (κ1) is 12.4. The molecule has 1 aliphatic heterocycles. The lowest BCUT2D eigenvalue weighted by Crippen LogP contribution is -2.35. The molecule has 1 saturated heterocycles. The third-order valence-electron chi connectivity index (χ3n) is 2.64. The van der Waals surface area contributed by atoms with Crippen molar-refractivity contribution in [3.05, 3.63) is 27.4 Å². The van der Waals surface area contributed by atoms with Crippen molar-refractivity contribution >= 4 is 12.2 Å². The summed E-state index contributed by atoms with van der Waals surface area (Å²) in [5, 5.41) is 28.2. The summed E-state index contributed by atoms with van der Waals surface area (Å²) >= 11 is 4.77. The summed E-state index contributed by atoms with van der Waals surface area (Å²) in [6.45, 7) is -0.438. The van der Waals surface area contributed by atoms with Gasteiger partial charge in [-0.25, -0.2) is 4.79 Å². The van der Waals surface area contributed by atoms with E-state index in [-0.39, 0.29) is 4.64 Å². The van der Waals surface area contributed by atoms with Crippen LogP contribution in [-0.2, 0) is 4.74 Å². The van der Waals surface area contributed by atoms with E-state index in [4.69, 9.17) is 22.1 Å². The van der Waals surface area contributed by atoms with Gasteiger partial charge in [-0.2, -0.15) is 0 Å². The molecule has 7 nitrogen and oxygen atoms in total. The molecule has 0 radical (unpaired) electrons. The lowest BCUT2D eigenvalue weighted by Gasteiger charge is -2.16. The second-order valence-corrected chi connectivity index (χ2v) is 4.19. The van der Waals surface area contributed by atoms with Gasteiger partial charge in [0.1, 0.15) is 23.0 Å². The molecule has 4 atom stereocenters. The van der Waals surface area contributed by atoms with Gasteiger partial charge in [0.15, 0.2) is 6.23 Å². The van der Waals surface area contributed by atoms with Crippen molar-refractivity contribution in [2.24, 2.45) is 0 Å². The van der Waals surface area contributed by atoms with Crippen LogP contribution >= 0.6 is 12.2 Å². The van der Waals surface area contributed by atoms with Crippen molar-refractivity contribution in [2.45, 2.75) is 24.5 Å². The first-order chi connectivity index (χ1) is 8.04. The molecule has 2 heterocycles. The number of ether oxygens (including phenoxy) is 1. The normalized spacial score (nSPS) is 32.9. The van der Waals surface area contributed by atoms with Gasteiger partial charge in [-0.3, -0.25) is 9.55 Å². The molecule has 1 aromatic rings. The Bertz CT molecular complexity index is 513. The SMILES string of the molecule is O=c1[nH]c(=S)ccn1[C@H]1O[C@@H](CO)[C@@H](O)[C@H]1O. The second-order valence-electron chi connectivity index (χ2n) is 3.75. The molecule has 0 aliphatic carbocycles. The summed E-state index contributed by atoms with van der Waals surface area (Å²) in [7, 11) is 0. The van der Waals surface area contributed by atoms with E-state index < -0.39 is 36.8 Å². The van der Waals surface area contributed by atoms with E-state index in [1.807, 2.05) is 0 Å². The molecule has 1 fully saturated rings. The van der Waals surface area contributed by atoms with Crippen LogP contribution in [-0.4, -0.2) is 49.8 Å². The highest BCUT2D eigenvalue weighted by Crippen LogP contribution is 2.27. The van der Waals surface area contributed by atoms with Gasteiger partial charge in [-0.15, -0.1) is 0 Å². The highest BCUT2D eigenvalue weighted by molar-refractivity contribution is 7.71. The lowest BCUT2D eigenvalue weighted by molar-refractivity contribution is -0.0550. The first-order valence-electron chi connectivity index (χ1n) is 4.98. The van der Waals surface area contributed by atoms with Crippen molar-refractivity contribution in [3.63, 3.8) is 0 Å². The van der Waals surface area contributed by atoms with Gasteiger partial charge in [0.2, 0.25) is 0 Å². The van der Waals surface area contributed by atoms with Gasteiger partial charge in [0.05, 0.1) is 6.61 Å². The van der Waals surface area contributed by atoms with Gasteiger partial charge in [-0.05, 0) is 6.07 Å². The molecule has 0 spiro atoms. The number of aliphatic hydroxyl groups is 3. The third-order valence-corrected chi connectivity index (χ3v) is 2.88. The molecular weight excluding hydrogens is 248 g/mol. The van der Waals surface area contributed by atoms with Crippen molar-refractivity contribution in [1.29, 1.82) is 0 Å². The summed E-state index contributed by atoms with van der Waals surface area (Å²) < 4.78 is 6.55. The highest BCUT2D eigenvalue weighted by atomic mass is 32.1. The maximum atomic E-state index is 11.6. The number of hydrogen-bond donors (Lipinski definition) is 4. The maximum Gasteiger partial charge on any atom is 0.328 e. The van der Waals surface area contributed by atoms with E-state index in [1.54, 1.807) is 0 Å². The molecule has 94 valence electrons. The molecule has 1 aliphatic rings. The van der Waals surface area contributed by atoms with E-state index in [0.29, 0.717) is 0 Å². The molecule has 4 N–H and O–H groups in total. The van der Waals surface area contributed by atoms with Gasteiger partial charge < -0.3 is 20.1 Å². The van der Waals surface area contributed by atoms with Crippen LogP contribution in [0.5, 0.6) is 0 Å². The van der Waals surface area contributed by atoms with Crippen LogP contribution in [0.3, 0.4) is 0 Å². The zero-order chi connectivity index (χ0) is 12.6. The predicted molar refractivity (Wildman–Crippen MR) is 58.9 cm³/mol. The summed E-state index contributed by atoms with van der Waals surface area (Å²) in [5.74, 6) is 0. The summed E-state index contributed by atoms with van der Waals surface area (Å²) in [6.07, 6.45) is -3.11. The van der Waals surface area contributed by atoms with Crippen LogP contribution in [0.25, 0.3) is 0 Å². The number of rotatable bonds is 2. The Labute approximate surface area is 101 Å². The molecule has 0 bridgehead atoms. The smallest absolute Gasteiger partial charge is 0.328 e. The molecule has 1 aromatic heterocycles. The van der Waals surface area contributed by atoms with Crippen molar-refractivity contribution in [3.8, 4) is 0 Å². The lowest BCUT2D eigenvalue weighted by atomic mass is 10.1. The van der Waals surface area contributed by atoms with Gasteiger partial charge >= 0.3 is 5.69 Å². The number of aromatic amines is 1. The summed E-state index contributed by atoms with van der Waals surface area (Å²) in [5.41, 5.74) is -0.549. The Morgan fingerprint density at radius 1 is 1.47 bits per heavy atom. The maximum absolute atomic E-state index is 11.6. The van der Waals surface area contributed by atoms with E-state index in [9.17, 15) is 15.0 Å². The van der Waals surface area contributed by atoms with E-state index in [2.05, 4.69) is 4.98 Å². The Kier molecular flexibility index (Phi) is 3.40. The largest absolute Gasteiger partial charge is 0.394 e. The second kappa shape index (κ2) is 4.67. The number of hydrogen-bond acceptors (Lipinski definition) is 6. The van der Waals surface area contributed by atoms with E-state index in [1.165, 1.54) is 12.3 Å². The third kappa shape index (κ3) is 2.17. The van der Waals surface area contributed by atoms with Gasteiger partial charge in [0.25, 0.3) is 0 Å². The molecular formula is C9H12N2O5S. The number of H-pyrrole nitrogens is 1. The minimum Gasteiger partial charge on any atom is -0.394 e. The Hall–Kier alpha value is -1.06. The number of aromatic nitrogens is 2. The molecule has 2 rings (SSSR count). The molecule has 0 aromatic carbocycles. The predicted octanol–water partition coefficient (Wildman–Crippen LogP) is -1.48. The van der Waals surface area contributed by atoms with Crippen molar-refractivity contribution in [1.82, 2.24) is 9.55 Å². The highest BCUT2D eigenvalue weighted by Gasteiger charge is 2.43. The molecule has 0 saturated carbocycles. The minimum atomic E-state index is -1.28. The monoisotopic (exact) mass is 260 g/mol. The Morgan fingerprint density at radius 3 is 2.71 bits per heavy atom. The number of aliphatic hydroxyl groups excluding tert-OH is 3. The standard InChI is InChI=1S/C9H12N2O5S/c12-3-4-6(13)7(14)8(16-4)11-2-1-5(17)10-9(11)15/h1-2,4,6-8,12-14H,3H2,(H,10,15,17)/t4-,6+,7+,8-/m0/s1. The fourth-order valence-corrected chi connectivity index (χ4v) is 1.89. The minimum absolute atomic E-state index is 0.262. The molecule has 8 heteroatoms. The van der Waals surface area contributed by atoms with Crippen LogP contribution in [0.4, 0.5) is 0 Å². The van der Waals surface area contributed by atoms with Crippen LogP contribution in [0.2, 0.25) is 0 Å². The fraction of sp³-hybridized carbons (Fsp3) is 0.556. The molecule has 0 unspecified atom stereocenters. The van der Waals surface area contributed by atoms with Crippen LogP contribution in [0.15, 0.2) is 17.1 Å².